The van der Waals surface area contributed by atoms with E-state index in [2.05, 4.69) is 31.1 Å². The Morgan fingerprint density at radius 2 is 2.22 bits per heavy atom. The van der Waals surface area contributed by atoms with Gasteiger partial charge in [0, 0.05) is 18.4 Å². The molecular formula is C15H22N2O. The first kappa shape index (κ1) is 13.1. The molecule has 1 aromatic rings. The maximum Gasteiger partial charge on any atom is 0.253 e. The standard InChI is InChI=1S/C15H22N2O/c1-11-7-13(9-15(2,3)8-11)17-14(18)12-5-4-6-16-10-12/h4-6,10-11,13H,7-9H2,1-3H3,(H,17,18). The Labute approximate surface area is 109 Å². The van der Waals surface area contributed by atoms with Gasteiger partial charge in [0.05, 0.1) is 5.56 Å². The molecule has 0 spiro atoms. The first-order valence-corrected chi connectivity index (χ1v) is 6.67. The van der Waals surface area contributed by atoms with E-state index in [1.54, 1.807) is 24.5 Å². The van der Waals surface area contributed by atoms with Crippen LogP contribution in [-0.2, 0) is 0 Å². The van der Waals surface area contributed by atoms with Crippen molar-refractivity contribution >= 4 is 5.91 Å². The highest BCUT2D eigenvalue weighted by atomic mass is 16.1. The molecule has 1 aliphatic carbocycles. The van der Waals surface area contributed by atoms with Gasteiger partial charge < -0.3 is 5.32 Å². The van der Waals surface area contributed by atoms with Crippen molar-refractivity contribution in [2.24, 2.45) is 11.3 Å². The Morgan fingerprint density at radius 1 is 1.44 bits per heavy atom. The minimum Gasteiger partial charge on any atom is -0.349 e. The minimum atomic E-state index is -0.00185. The maximum absolute atomic E-state index is 12.1. The van der Waals surface area contributed by atoms with Crippen molar-refractivity contribution in [3.05, 3.63) is 30.1 Å². The van der Waals surface area contributed by atoms with E-state index in [0.29, 0.717) is 16.9 Å². The van der Waals surface area contributed by atoms with Crippen molar-refractivity contribution in [1.82, 2.24) is 10.3 Å². The van der Waals surface area contributed by atoms with Crippen molar-refractivity contribution < 1.29 is 4.79 Å². The molecule has 0 saturated heterocycles. The van der Waals surface area contributed by atoms with Gasteiger partial charge >= 0.3 is 0 Å². The van der Waals surface area contributed by atoms with Gasteiger partial charge in [-0.25, -0.2) is 0 Å². The highest BCUT2D eigenvalue weighted by molar-refractivity contribution is 5.94. The summed E-state index contributed by atoms with van der Waals surface area (Å²) >= 11 is 0. The molecule has 1 aliphatic rings. The van der Waals surface area contributed by atoms with Gasteiger partial charge in [-0.2, -0.15) is 0 Å². The maximum atomic E-state index is 12.1. The summed E-state index contributed by atoms with van der Waals surface area (Å²) in [6, 6.07) is 3.89. The smallest absolute Gasteiger partial charge is 0.253 e. The van der Waals surface area contributed by atoms with E-state index in [4.69, 9.17) is 0 Å². The lowest BCUT2D eigenvalue weighted by atomic mass is 9.70. The van der Waals surface area contributed by atoms with Crippen molar-refractivity contribution in [3.8, 4) is 0 Å². The summed E-state index contributed by atoms with van der Waals surface area (Å²) in [4.78, 5) is 16.1. The molecule has 1 saturated carbocycles. The molecule has 2 rings (SSSR count). The number of aromatic nitrogens is 1. The van der Waals surface area contributed by atoms with E-state index in [1.807, 2.05) is 0 Å². The molecule has 0 radical (unpaired) electrons. The molecule has 1 heterocycles. The minimum absolute atomic E-state index is 0.00185. The van der Waals surface area contributed by atoms with Crippen molar-refractivity contribution in [2.75, 3.05) is 0 Å². The first-order valence-electron chi connectivity index (χ1n) is 6.67. The number of rotatable bonds is 2. The molecule has 3 heteroatoms. The highest BCUT2D eigenvalue weighted by Crippen LogP contribution is 2.38. The van der Waals surface area contributed by atoms with Crippen LogP contribution < -0.4 is 5.32 Å². The van der Waals surface area contributed by atoms with Crippen molar-refractivity contribution in [3.63, 3.8) is 0 Å². The topological polar surface area (TPSA) is 42.0 Å². The van der Waals surface area contributed by atoms with Crippen LogP contribution in [-0.4, -0.2) is 16.9 Å². The van der Waals surface area contributed by atoms with E-state index in [9.17, 15) is 4.79 Å². The van der Waals surface area contributed by atoms with Gasteiger partial charge in [-0.05, 0) is 42.7 Å². The van der Waals surface area contributed by atoms with Crippen LogP contribution in [0.15, 0.2) is 24.5 Å². The van der Waals surface area contributed by atoms with Gasteiger partial charge in [0.25, 0.3) is 5.91 Å². The molecular weight excluding hydrogens is 224 g/mol. The second-order valence-electron chi connectivity index (χ2n) is 6.33. The number of nitrogens with one attached hydrogen (secondary N) is 1. The molecule has 0 bridgehead atoms. The van der Waals surface area contributed by atoms with E-state index in [0.717, 1.165) is 12.8 Å². The van der Waals surface area contributed by atoms with E-state index >= 15 is 0 Å². The van der Waals surface area contributed by atoms with Crippen LogP contribution in [0.1, 0.15) is 50.4 Å². The molecule has 1 amide bonds. The molecule has 18 heavy (non-hydrogen) atoms. The highest BCUT2D eigenvalue weighted by Gasteiger charge is 2.32. The lowest BCUT2D eigenvalue weighted by Gasteiger charge is -2.39. The number of hydrogen-bond donors (Lipinski definition) is 1. The molecule has 0 aromatic carbocycles. The van der Waals surface area contributed by atoms with Crippen LogP contribution in [0.25, 0.3) is 0 Å². The van der Waals surface area contributed by atoms with Gasteiger partial charge in [0.15, 0.2) is 0 Å². The van der Waals surface area contributed by atoms with E-state index in [-0.39, 0.29) is 11.9 Å². The Hall–Kier alpha value is -1.38. The summed E-state index contributed by atoms with van der Waals surface area (Å²) in [5.41, 5.74) is 0.971. The third kappa shape index (κ3) is 3.31. The fourth-order valence-electron chi connectivity index (χ4n) is 3.22. The van der Waals surface area contributed by atoms with Gasteiger partial charge in [-0.1, -0.05) is 20.8 Å². The van der Waals surface area contributed by atoms with Crippen molar-refractivity contribution in [1.29, 1.82) is 0 Å². The van der Waals surface area contributed by atoms with Crippen LogP contribution in [0.3, 0.4) is 0 Å². The van der Waals surface area contributed by atoms with Gasteiger partial charge in [0.1, 0.15) is 0 Å². The molecule has 3 nitrogen and oxygen atoms in total. The monoisotopic (exact) mass is 246 g/mol. The Morgan fingerprint density at radius 3 is 2.83 bits per heavy atom. The summed E-state index contributed by atoms with van der Waals surface area (Å²) in [5.74, 6) is 0.672. The molecule has 1 aromatic heterocycles. The third-order valence-corrected chi connectivity index (χ3v) is 3.65. The normalized spacial score (nSPS) is 26.6. The van der Waals surface area contributed by atoms with Crippen LogP contribution in [0.4, 0.5) is 0 Å². The lowest BCUT2D eigenvalue weighted by molar-refractivity contribution is 0.0874. The van der Waals surface area contributed by atoms with Crippen LogP contribution in [0.5, 0.6) is 0 Å². The number of carbonyl (C=O) groups is 1. The number of amides is 1. The number of carbonyl (C=O) groups excluding carboxylic acids is 1. The van der Waals surface area contributed by atoms with Crippen LogP contribution >= 0.6 is 0 Å². The average molecular weight is 246 g/mol. The summed E-state index contributed by atoms with van der Waals surface area (Å²) in [6.07, 6.45) is 6.68. The molecule has 98 valence electrons. The molecule has 2 atom stereocenters. The Kier molecular flexibility index (Phi) is 3.69. The predicted molar refractivity (Wildman–Crippen MR) is 72.3 cm³/mol. The Balaban J connectivity index is 1.99. The summed E-state index contributed by atoms with van der Waals surface area (Å²) in [6.45, 7) is 6.84. The summed E-state index contributed by atoms with van der Waals surface area (Å²) < 4.78 is 0. The second-order valence-corrected chi connectivity index (χ2v) is 6.33. The zero-order valence-corrected chi connectivity index (χ0v) is 11.4. The number of pyridine rings is 1. The quantitative estimate of drug-likeness (QED) is 0.871. The molecule has 0 aliphatic heterocycles. The summed E-state index contributed by atoms with van der Waals surface area (Å²) in [5, 5.41) is 3.14. The summed E-state index contributed by atoms with van der Waals surface area (Å²) in [7, 11) is 0. The third-order valence-electron chi connectivity index (χ3n) is 3.65. The fraction of sp³-hybridized carbons (Fsp3) is 0.600. The van der Waals surface area contributed by atoms with Crippen LogP contribution in [0, 0.1) is 11.3 Å². The molecule has 1 fully saturated rings. The van der Waals surface area contributed by atoms with E-state index < -0.39 is 0 Å². The average Bonchev–Trinajstić information content (AvgIpc) is 2.27. The number of nitrogens with zero attached hydrogens (tertiary/aromatic N) is 1. The zero-order valence-electron chi connectivity index (χ0n) is 11.4. The van der Waals surface area contributed by atoms with Crippen LogP contribution in [0.2, 0.25) is 0 Å². The Bertz CT molecular complexity index is 414. The largest absolute Gasteiger partial charge is 0.349 e. The lowest BCUT2D eigenvalue weighted by Crippen LogP contribution is -2.43. The zero-order chi connectivity index (χ0) is 13.2. The van der Waals surface area contributed by atoms with Gasteiger partial charge in [-0.3, -0.25) is 9.78 Å². The van der Waals surface area contributed by atoms with E-state index in [1.165, 1.54) is 6.42 Å². The molecule has 2 unspecified atom stereocenters. The SMILES string of the molecule is CC1CC(NC(=O)c2cccnc2)CC(C)(C)C1. The number of hydrogen-bond acceptors (Lipinski definition) is 2. The fourth-order valence-corrected chi connectivity index (χ4v) is 3.22. The van der Waals surface area contributed by atoms with Gasteiger partial charge in [0.2, 0.25) is 0 Å². The van der Waals surface area contributed by atoms with Crippen molar-refractivity contribution in [2.45, 2.75) is 46.1 Å². The van der Waals surface area contributed by atoms with Gasteiger partial charge in [-0.15, -0.1) is 0 Å². The predicted octanol–water partition coefficient (Wildman–Crippen LogP) is 3.03. The molecule has 1 N–H and O–H groups in total. The first-order chi connectivity index (χ1) is 8.46. The second kappa shape index (κ2) is 5.09.